The van der Waals surface area contributed by atoms with Gasteiger partial charge in [0.15, 0.2) is 0 Å². The fourth-order valence-corrected chi connectivity index (χ4v) is 3.03. The van der Waals surface area contributed by atoms with E-state index in [9.17, 15) is 0 Å². The van der Waals surface area contributed by atoms with Gasteiger partial charge in [-0.15, -0.1) is 0 Å². The average Bonchev–Trinajstić information content (AvgIpc) is 2.52. The van der Waals surface area contributed by atoms with Crippen molar-refractivity contribution >= 4 is 12.2 Å². The summed E-state index contributed by atoms with van der Waals surface area (Å²) in [7, 11) is 1.55. The molecule has 2 N–H and O–H groups in total. The van der Waals surface area contributed by atoms with Crippen LogP contribution in [-0.2, 0) is 11.3 Å². The summed E-state index contributed by atoms with van der Waals surface area (Å²) in [4.78, 5) is 13.4. The Morgan fingerprint density at radius 2 is 2.09 bits per heavy atom. The van der Waals surface area contributed by atoms with Gasteiger partial charge in [-0.3, -0.25) is 0 Å². The van der Waals surface area contributed by atoms with Crippen LogP contribution in [-0.4, -0.2) is 23.3 Å². The summed E-state index contributed by atoms with van der Waals surface area (Å²) < 4.78 is 0. The third-order valence-electron chi connectivity index (χ3n) is 4.19. The van der Waals surface area contributed by atoms with Gasteiger partial charge in [0, 0.05) is 17.7 Å². The van der Waals surface area contributed by atoms with Crippen LogP contribution in [0.2, 0.25) is 0 Å². The van der Waals surface area contributed by atoms with E-state index in [0.29, 0.717) is 11.9 Å². The zero-order valence-corrected chi connectivity index (χ0v) is 12.9. The molecular formula is C17H20N4O. The number of benzene rings is 1. The molecule has 2 atom stereocenters. The number of nitrogens with two attached hydrogens (primary N) is 1. The van der Waals surface area contributed by atoms with Crippen LogP contribution in [0.1, 0.15) is 40.6 Å². The summed E-state index contributed by atoms with van der Waals surface area (Å²) in [5.41, 5.74) is 10.4. The Kier molecular flexibility index (Phi) is 4.04. The van der Waals surface area contributed by atoms with Crippen LogP contribution < -0.4 is 5.73 Å². The number of oxime groups is 1. The van der Waals surface area contributed by atoms with Gasteiger partial charge in [-0.25, -0.2) is 9.97 Å². The molecule has 1 aromatic heterocycles. The monoisotopic (exact) mass is 296 g/mol. The molecule has 0 spiro atoms. The van der Waals surface area contributed by atoms with E-state index in [4.69, 9.17) is 10.6 Å². The van der Waals surface area contributed by atoms with Gasteiger partial charge in [-0.1, -0.05) is 35.0 Å². The van der Waals surface area contributed by atoms with Gasteiger partial charge in [0.25, 0.3) is 0 Å². The molecule has 2 aromatic rings. The highest BCUT2D eigenvalue weighted by Crippen LogP contribution is 2.38. The van der Waals surface area contributed by atoms with E-state index in [2.05, 4.69) is 46.3 Å². The van der Waals surface area contributed by atoms with Gasteiger partial charge in [-0.05, 0) is 31.2 Å². The van der Waals surface area contributed by atoms with Crippen molar-refractivity contribution < 1.29 is 4.84 Å². The largest absolute Gasteiger partial charge is 0.399 e. The Hall–Kier alpha value is -2.43. The van der Waals surface area contributed by atoms with Crippen LogP contribution in [0.25, 0.3) is 0 Å². The number of fused-ring (bicyclic) bond motifs is 1. The van der Waals surface area contributed by atoms with Crippen molar-refractivity contribution in [1.29, 1.82) is 0 Å². The molecule has 0 amide bonds. The maximum absolute atomic E-state index is 5.75. The van der Waals surface area contributed by atoms with Crippen LogP contribution >= 0.6 is 0 Å². The molecule has 114 valence electrons. The number of aromatic nitrogens is 2. The summed E-state index contributed by atoms with van der Waals surface area (Å²) in [6, 6.07) is 8.69. The van der Waals surface area contributed by atoms with Crippen molar-refractivity contribution in [2.45, 2.75) is 31.6 Å². The summed E-state index contributed by atoms with van der Waals surface area (Å²) in [6.07, 6.45) is 5.49. The van der Waals surface area contributed by atoms with Gasteiger partial charge in [0.05, 0.1) is 11.9 Å². The first-order chi connectivity index (χ1) is 10.7. The van der Waals surface area contributed by atoms with E-state index in [1.54, 1.807) is 7.11 Å². The lowest BCUT2D eigenvalue weighted by Crippen LogP contribution is -2.21. The second-order valence-electron chi connectivity index (χ2n) is 5.72. The number of nitrogen functional groups attached to an aromatic ring is 1. The van der Waals surface area contributed by atoms with E-state index >= 15 is 0 Å². The molecule has 5 heteroatoms. The lowest BCUT2D eigenvalue weighted by atomic mass is 9.77. The molecule has 5 nitrogen and oxygen atoms in total. The molecule has 0 fully saturated rings. The van der Waals surface area contributed by atoms with E-state index in [1.807, 2.05) is 12.4 Å². The fraction of sp³-hybridized carbons (Fsp3) is 0.353. The normalized spacial score (nSPS) is 20.8. The van der Waals surface area contributed by atoms with Crippen molar-refractivity contribution in [2.24, 2.45) is 5.16 Å². The molecule has 1 aromatic carbocycles. The fourth-order valence-electron chi connectivity index (χ4n) is 3.03. The minimum absolute atomic E-state index is 0.149. The van der Waals surface area contributed by atoms with Crippen molar-refractivity contribution in [3.05, 3.63) is 52.8 Å². The molecule has 1 heterocycles. The molecule has 22 heavy (non-hydrogen) atoms. The SMILES string of the molecule is CON=CC1CC(c2ccc(C)cc2)Cc2nc(N)ncc21. The van der Waals surface area contributed by atoms with E-state index in [1.165, 1.54) is 11.1 Å². The Morgan fingerprint density at radius 1 is 1.32 bits per heavy atom. The van der Waals surface area contributed by atoms with Crippen LogP contribution in [0.5, 0.6) is 0 Å². The summed E-state index contributed by atoms with van der Waals surface area (Å²) in [5.74, 6) is 0.872. The van der Waals surface area contributed by atoms with Crippen molar-refractivity contribution in [3.8, 4) is 0 Å². The van der Waals surface area contributed by atoms with E-state index in [-0.39, 0.29) is 5.92 Å². The minimum atomic E-state index is 0.149. The first-order valence-corrected chi connectivity index (χ1v) is 7.42. The van der Waals surface area contributed by atoms with Gasteiger partial charge >= 0.3 is 0 Å². The zero-order valence-electron chi connectivity index (χ0n) is 12.9. The second kappa shape index (κ2) is 6.13. The maximum Gasteiger partial charge on any atom is 0.220 e. The van der Waals surface area contributed by atoms with Gasteiger partial charge in [-0.2, -0.15) is 0 Å². The molecule has 2 unspecified atom stereocenters. The number of aryl methyl sites for hydroxylation is 1. The van der Waals surface area contributed by atoms with E-state index < -0.39 is 0 Å². The topological polar surface area (TPSA) is 73.4 Å². The number of nitrogens with zero attached hydrogens (tertiary/aromatic N) is 3. The number of rotatable bonds is 3. The Morgan fingerprint density at radius 3 is 2.82 bits per heavy atom. The predicted octanol–water partition coefficient (Wildman–Crippen LogP) is 2.81. The number of hydrogen-bond acceptors (Lipinski definition) is 5. The third-order valence-corrected chi connectivity index (χ3v) is 4.19. The smallest absolute Gasteiger partial charge is 0.220 e. The van der Waals surface area contributed by atoms with E-state index in [0.717, 1.165) is 24.1 Å². The molecule has 0 saturated carbocycles. The quantitative estimate of drug-likeness (QED) is 0.698. The first-order valence-electron chi connectivity index (χ1n) is 7.42. The van der Waals surface area contributed by atoms with Crippen molar-refractivity contribution in [1.82, 2.24) is 9.97 Å². The zero-order chi connectivity index (χ0) is 15.5. The highest BCUT2D eigenvalue weighted by Gasteiger charge is 2.28. The van der Waals surface area contributed by atoms with Crippen LogP contribution in [0, 0.1) is 6.92 Å². The molecule has 0 radical (unpaired) electrons. The molecule has 3 rings (SSSR count). The summed E-state index contributed by atoms with van der Waals surface area (Å²) in [6.45, 7) is 2.10. The third kappa shape index (κ3) is 2.93. The lowest BCUT2D eigenvalue weighted by molar-refractivity contribution is 0.213. The second-order valence-corrected chi connectivity index (χ2v) is 5.72. The standard InChI is InChI=1S/C17H20N4O/c1-11-3-5-12(6-4-11)13-7-14(9-20-22-2)15-10-19-17(18)21-16(15)8-13/h3-6,9-10,13-14H,7-8H2,1-2H3,(H2,18,19,21). The number of anilines is 1. The highest BCUT2D eigenvalue weighted by atomic mass is 16.6. The molecular weight excluding hydrogens is 276 g/mol. The van der Waals surface area contributed by atoms with Gasteiger partial charge in [0.1, 0.15) is 7.11 Å². The van der Waals surface area contributed by atoms with Gasteiger partial charge < -0.3 is 10.6 Å². The number of hydrogen-bond donors (Lipinski definition) is 1. The highest BCUT2D eigenvalue weighted by molar-refractivity contribution is 5.68. The maximum atomic E-state index is 5.75. The molecule has 0 saturated heterocycles. The predicted molar refractivity (Wildman–Crippen MR) is 86.9 cm³/mol. The molecule has 1 aliphatic carbocycles. The minimum Gasteiger partial charge on any atom is -0.399 e. The van der Waals surface area contributed by atoms with Gasteiger partial charge in [0.2, 0.25) is 5.95 Å². The molecule has 0 aliphatic heterocycles. The summed E-state index contributed by atoms with van der Waals surface area (Å²) in [5, 5.41) is 3.95. The average molecular weight is 296 g/mol. The van der Waals surface area contributed by atoms with Crippen LogP contribution in [0.4, 0.5) is 5.95 Å². The van der Waals surface area contributed by atoms with Crippen LogP contribution in [0.15, 0.2) is 35.6 Å². The Bertz CT molecular complexity index is 682. The van der Waals surface area contributed by atoms with Crippen molar-refractivity contribution in [2.75, 3.05) is 12.8 Å². The first kappa shape index (κ1) is 14.5. The molecule has 1 aliphatic rings. The van der Waals surface area contributed by atoms with Crippen LogP contribution in [0.3, 0.4) is 0 Å². The Balaban J connectivity index is 1.96. The molecule has 0 bridgehead atoms. The van der Waals surface area contributed by atoms with Crippen molar-refractivity contribution in [3.63, 3.8) is 0 Å². The summed E-state index contributed by atoms with van der Waals surface area (Å²) >= 11 is 0. The lowest BCUT2D eigenvalue weighted by Gasteiger charge is -2.28. The Labute approximate surface area is 130 Å².